The van der Waals surface area contributed by atoms with Crippen LogP contribution in [0.1, 0.15) is 10.4 Å². The smallest absolute Gasteiger partial charge is 0.300 e. The van der Waals surface area contributed by atoms with Crippen LogP contribution < -0.4 is 0 Å². The molecule has 1 heterocycles. The normalized spacial score (nSPS) is 16.4. The predicted octanol–water partition coefficient (Wildman–Crippen LogP) is 1.64. The van der Waals surface area contributed by atoms with E-state index in [1.807, 2.05) is 7.05 Å². The standard InChI is InChI=1S/C12H14ClN3O3/c1-14-5-7-15(8-6-14)12(17)9-3-2-4-10(13)11(9)16(18)19/h2-4H,5-8H2,1H3. The number of piperazine rings is 1. The summed E-state index contributed by atoms with van der Waals surface area (Å²) in [5.41, 5.74) is -0.254. The second-order valence-electron chi connectivity index (χ2n) is 4.49. The zero-order valence-corrected chi connectivity index (χ0v) is 11.3. The number of likely N-dealkylation sites (N-methyl/N-ethyl adjacent to an activating group) is 1. The molecule has 0 radical (unpaired) electrons. The number of halogens is 1. The first-order valence-corrected chi connectivity index (χ1v) is 6.29. The van der Waals surface area contributed by atoms with Crippen molar-refractivity contribution in [3.05, 3.63) is 38.9 Å². The highest BCUT2D eigenvalue weighted by Gasteiger charge is 2.28. The van der Waals surface area contributed by atoms with Gasteiger partial charge in [-0.05, 0) is 19.2 Å². The van der Waals surface area contributed by atoms with Gasteiger partial charge in [-0.3, -0.25) is 14.9 Å². The van der Waals surface area contributed by atoms with Crippen molar-refractivity contribution in [1.29, 1.82) is 0 Å². The number of amides is 1. The Kier molecular flexibility index (Phi) is 4.01. The summed E-state index contributed by atoms with van der Waals surface area (Å²) in [5, 5.41) is 11.0. The third kappa shape index (κ3) is 2.85. The van der Waals surface area contributed by atoms with Crippen molar-refractivity contribution in [2.75, 3.05) is 33.2 Å². The van der Waals surface area contributed by atoms with E-state index in [1.54, 1.807) is 11.0 Å². The van der Waals surface area contributed by atoms with Gasteiger partial charge in [0.2, 0.25) is 0 Å². The largest absolute Gasteiger partial charge is 0.336 e. The van der Waals surface area contributed by atoms with Gasteiger partial charge in [-0.2, -0.15) is 0 Å². The lowest BCUT2D eigenvalue weighted by Gasteiger charge is -2.32. The van der Waals surface area contributed by atoms with Gasteiger partial charge in [0.15, 0.2) is 0 Å². The van der Waals surface area contributed by atoms with E-state index in [0.717, 1.165) is 13.1 Å². The van der Waals surface area contributed by atoms with Gasteiger partial charge >= 0.3 is 5.69 Å². The molecular formula is C12H14ClN3O3. The van der Waals surface area contributed by atoms with Crippen molar-refractivity contribution in [3.8, 4) is 0 Å². The maximum absolute atomic E-state index is 12.3. The average Bonchev–Trinajstić information content (AvgIpc) is 2.38. The third-order valence-electron chi connectivity index (χ3n) is 3.19. The molecule has 0 atom stereocenters. The van der Waals surface area contributed by atoms with Gasteiger partial charge in [-0.15, -0.1) is 0 Å². The Morgan fingerprint density at radius 1 is 1.32 bits per heavy atom. The van der Waals surface area contributed by atoms with E-state index in [-0.39, 0.29) is 22.2 Å². The molecule has 0 bridgehead atoms. The van der Waals surface area contributed by atoms with Crippen LogP contribution in [0, 0.1) is 10.1 Å². The molecule has 1 saturated heterocycles. The summed E-state index contributed by atoms with van der Waals surface area (Å²) in [7, 11) is 1.98. The van der Waals surface area contributed by atoms with Crippen LogP contribution in [0.5, 0.6) is 0 Å². The number of carbonyl (C=O) groups is 1. The minimum atomic E-state index is -0.606. The summed E-state index contributed by atoms with van der Waals surface area (Å²) >= 11 is 5.81. The molecule has 1 aliphatic heterocycles. The van der Waals surface area contributed by atoms with Crippen LogP contribution in [0.4, 0.5) is 5.69 Å². The second kappa shape index (κ2) is 5.54. The van der Waals surface area contributed by atoms with Crippen molar-refractivity contribution in [1.82, 2.24) is 9.80 Å². The van der Waals surface area contributed by atoms with Crippen LogP contribution in [0.15, 0.2) is 18.2 Å². The number of benzene rings is 1. The number of rotatable bonds is 2. The van der Waals surface area contributed by atoms with E-state index >= 15 is 0 Å². The van der Waals surface area contributed by atoms with Crippen LogP contribution in [0.3, 0.4) is 0 Å². The fourth-order valence-electron chi connectivity index (χ4n) is 2.05. The maximum Gasteiger partial charge on any atom is 0.300 e. The van der Waals surface area contributed by atoms with E-state index in [4.69, 9.17) is 11.6 Å². The summed E-state index contributed by atoms with van der Waals surface area (Å²) < 4.78 is 0. The summed E-state index contributed by atoms with van der Waals surface area (Å²) in [4.78, 5) is 26.5. The van der Waals surface area contributed by atoms with Crippen molar-refractivity contribution in [2.24, 2.45) is 0 Å². The summed E-state index contributed by atoms with van der Waals surface area (Å²) in [5.74, 6) is -0.331. The Hall–Kier alpha value is -1.66. The highest BCUT2D eigenvalue weighted by Crippen LogP contribution is 2.29. The van der Waals surface area contributed by atoms with Gasteiger partial charge < -0.3 is 9.80 Å². The molecule has 0 aliphatic carbocycles. The SMILES string of the molecule is CN1CCN(C(=O)c2cccc(Cl)c2[N+](=O)[O-])CC1. The second-order valence-corrected chi connectivity index (χ2v) is 4.90. The fraction of sp³-hybridized carbons (Fsp3) is 0.417. The zero-order valence-electron chi connectivity index (χ0n) is 10.5. The number of nitrogens with zero attached hydrogens (tertiary/aromatic N) is 3. The Morgan fingerprint density at radius 2 is 1.95 bits per heavy atom. The fourth-order valence-corrected chi connectivity index (χ4v) is 2.30. The zero-order chi connectivity index (χ0) is 14.0. The van der Waals surface area contributed by atoms with E-state index in [9.17, 15) is 14.9 Å². The molecule has 1 fully saturated rings. The number of hydrogen-bond acceptors (Lipinski definition) is 4. The quantitative estimate of drug-likeness (QED) is 0.611. The molecule has 1 aliphatic rings. The molecule has 7 heteroatoms. The van der Waals surface area contributed by atoms with Gasteiger partial charge in [0.25, 0.3) is 5.91 Å². The summed E-state index contributed by atoms with van der Waals surface area (Å²) in [6.07, 6.45) is 0. The molecule has 1 aromatic rings. The first-order chi connectivity index (χ1) is 9.00. The molecule has 0 unspecified atom stereocenters. The van der Waals surface area contributed by atoms with Gasteiger partial charge in [-0.1, -0.05) is 17.7 Å². The van der Waals surface area contributed by atoms with Crippen molar-refractivity contribution in [3.63, 3.8) is 0 Å². The minimum absolute atomic E-state index is 0.00928. The van der Waals surface area contributed by atoms with Crippen LogP contribution >= 0.6 is 11.6 Å². The van der Waals surface area contributed by atoms with Crippen molar-refractivity contribution < 1.29 is 9.72 Å². The van der Waals surface area contributed by atoms with E-state index < -0.39 is 4.92 Å². The van der Waals surface area contributed by atoms with E-state index in [1.165, 1.54) is 12.1 Å². The number of hydrogen-bond donors (Lipinski definition) is 0. The monoisotopic (exact) mass is 283 g/mol. The number of para-hydroxylation sites is 1. The van der Waals surface area contributed by atoms with E-state index in [2.05, 4.69) is 4.90 Å². The van der Waals surface area contributed by atoms with Crippen LogP contribution in [-0.2, 0) is 0 Å². The van der Waals surface area contributed by atoms with Gasteiger partial charge in [-0.25, -0.2) is 0 Å². The highest BCUT2D eigenvalue weighted by molar-refractivity contribution is 6.33. The average molecular weight is 284 g/mol. The molecule has 0 spiro atoms. The van der Waals surface area contributed by atoms with Crippen LogP contribution in [-0.4, -0.2) is 53.9 Å². The highest BCUT2D eigenvalue weighted by atomic mass is 35.5. The first-order valence-electron chi connectivity index (χ1n) is 5.91. The number of nitro groups is 1. The van der Waals surface area contributed by atoms with Crippen molar-refractivity contribution in [2.45, 2.75) is 0 Å². The molecule has 0 N–H and O–H groups in total. The van der Waals surface area contributed by atoms with Gasteiger partial charge in [0.05, 0.1) is 4.92 Å². The molecule has 2 rings (SSSR count). The molecule has 1 amide bonds. The molecule has 0 saturated carbocycles. The Labute approximate surface area is 115 Å². The molecule has 0 aromatic heterocycles. The lowest BCUT2D eigenvalue weighted by atomic mass is 10.1. The molecule has 6 nitrogen and oxygen atoms in total. The summed E-state index contributed by atoms with van der Waals surface area (Å²) in [6, 6.07) is 4.42. The Bertz CT molecular complexity index is 513. The predicted molar refractivity (Wildman–Crippen MR) is 71.5 cm³/mol. The molecule has 1 aromatic carbocycles. The summed E-state index contributed by atoms with van der Waals surface area (Å²) in [6.45, 7) is 2.66. The number of nitro benzene ring substituents is 1. The van der Waals surface area contributed by atoms with Crippen molar-refractivity contribution >= 4 is 23.2 Å². The van der Waals surface area contributed by atoms with Crippen LogP contribution in [0.25, 0.3) is 0 Å². The Balaban J connectivity index is 2.29. The molecular weight excluding hydrogens is 270 g/mol. The lowest BCUT2D eigenvalue weighted by molar-refractivity contribution is -0.385. The minimum Gasteiger partial charge on any atom is -0.336 e. The third-order valence-corrected chi connectivity index (χ3v) is 3.50. The first kappa shape index (κ1) is 13.8. The van der Waals surface area contributed by atoms with E-state index in [0.29, 0.717) is 13.1 Å². The maximum atomic E-state index is 12.3. The van der Waals surface area contributed by atoms with Gasteiger partial charge in [0, 0.05) is 26.2 Å². The van der Waals surface area contributed by atoms with Crippen LogP contribution in [0.2, 0.25) is 5.02 Å². The molecule has 102 valence electrons. The Morgan fingerprint density at radius 3 is 2.53 bits per heavy atom. The number of carbonyl (C=O) groups excluding carboxylic acids is 1. The molecule has 19 heavy (non-hydrogen) atoms. The lowest BCUT2D eigenvalue weighted by Crippen LogP contribution is -2.47. The topological polar surface area (TPSA) is 66.7 Å². The van der Waals surface area contributed by atoms with Gasteiger partial charge in [0.1, 0.15) is 10.6 Å².